The lowest BCUT2D eigenvalue weighted by atomic mass is 10.1. The fourth-order valence-corrected chi connectivity index (χ4v) is 4.52. The molecule has 0 radical (unpaired) electrons. The molecule has 0 amide bonds. The summed E-state index contributed by atoms with van der Waals surface area (Å²) in [6, 6.07) is 25.4. The van der Waals surface area contributed by atoms with Gasteiger partial charge < -0.3 is 8.99 Å². The molecule has 2 aromatic carbocycles. The van der Waals surface area contributed by atoms with Crippen LogP contribution in [-0.4, -0.2) is 12.9 Å². The second-order valence-electron chi connectivity index (χ2n) is 9.15. The van der Waals surface area contributed by atoms with E-state index in [0.717, 1.165) is 11.4 Å². The van der Waals surface area contributed by atoms with Crippen molar-refractivity contribution in [2.45, 2.75) is 45.3 Å². The predicted octanol–water partition coefficient (Wildman–Crippen LogP) is 6.98. The van der Waals surface area contributed by atoms with Crippen molar-refractivity contribution in [1.29, 1.82) is 0 Å². The number of para-hydroxylation sites is 1. The third kappa shape index (κ3) is 3.70. The zero-order valence-corrected chi connectivity index (χ0v) is 19.0. The minimum Gasteiger partial charge on any atom is -0.381 e. The van der Waals surface area contributed by atoms with Gasteiger partial charge in [-0.2, -0.15) is 0 Å². The molecule has 0 fully saturated rings. The van der Waals surface area contributed by atoms with Crippen LogP contribution in [0.1, 0.15) is 38.4 Å². The van der Waals surface area contributed by atoms with Gasteiger partial charge in [0.1, 0.15) is 0 Å². The first-order valence-electron chi connectivity index (χ1n) is 10.2. The van der Waals surface area contributed by atoms with E-state index in [-0.39, 0.29) is 11.4 Å². The van der Waals surface area contributed by atoms with Crippen LogP contribution < -0.4 is 4.90 Å². The summed E-state index contributed by atoms with van der Waals surface area (Å²) >= 11 is 0. The van der Waals surface area contributed by atoms with Gasteiger partial charge in [-0.25, -0.2) is 0 Å². The fourth-order valence-electron chi connectivity index (χ4n) is 3.42. The Morgan fingerprint density at radius 3 is 2.07 bits per heavy atom. The van der Waals surface area contributed by atoms with E-state index < -0.39 is 8.32 Å². The quantitative estimate of drug-likeness (QED) is 0.438. The summed E-state index contributed by atoms with van der Waals surface area (Å²) in [5, 5.41) is 0.122. The standard InChI is InChI=1S/C25H30N2OSi/c1-25(2,3)29(4,5)28-24-26-18-12-17-22(26)19-23(20-13-8-6-9-14-20)27(24)21-15-10-7-11-16-21/h6-19,24H,1-5H3. The lowest BCUT2D eigenvalue weighted by Crippen LogP contribution is -2.48. The van der Waals surface area contributed by atoms with E-state index in [1.807, 2.05) is 0 Å². The molecular formula is C25H30N2OSi. The van der Waals surface area contributed by atoms with Crippen LogP contribution in [0.2, 0.25) is 18.1 Å². The Bertz CT molecular complexity index is 1000. The molecule has 0 spiro atoms. The maximum atomic E-state index is 7.03. The second kappa shape index (κ2) is 7.36. The lowest BCUT2D eigenvalue weighted by Gasteiger charge is -2.46. The Balaban J connectivity index is 1.89. The topological polar surface area (TPSA) is 17.4 Å². The summed E-state index contributed by atoms with van der Waals surface area (Å²) in [7, 11) is -2.03. The monoisotopic (exact) mass is 402 g/mol. The van der Waals surface area contributed by atoms with Crippen LogP contribution in [0.25, 0.3) is 11.8 Å². The highest BCUT2D eigenvalue weighted by Gasteiger charge is 2.42. The van der Waals surface area contributed by atoms with Gasteiger partial charge in [0, 0.05) is 17.6 Å². The molecule has 1 aliphatic heterocycles. The first kappa shape index (κ1) is 19.7. The maximum Gasteiger partial charge on any atom is 0.209 e. The minimum atomic E-state index is -2.03. The molecule has 1 aromatic heterocycles. The van der Waals surface area contributed by atoms with Gasteiger partial charge in [0.15, 0.2) is 8.32 Å². The van der Waals surface area contributed by atoms with E-state index in [0.29, 0.717) is 0 Å². The molecule has 1 atom stereocenters. The number of hydrogen-bond acceptors (Lipinski definition) is 2. The van der Waals surface area contributed by atoms with Crippen molar-refractivity contribution in [3.63, 3.8) is 0 Å². The van der Waals surface area contributed by atoms with Crippen LogP contribution in [0.3, 0.4) is 0 Å². The van der Waals surface area contributed by atoms with E-state index in [4.69, 9.17) is 4.43 Å². The van der Waals surface area contributed by atoms with Crippen molar-refractivity contribution in [3.05, 3.63) is 90.3 Å². The van der Waals surface area contributed by atoms with E-state index in [1.54, 1.807) is 0 Å². The average molecular weight is 403 g/mol. The summed E-state index contributed by atoms with van der Waals surface area (Å²) in [6.45, 7) is 11.5. The summed E-state index contributed by atoms with van der Waals surface area (Å²) in [5.74, 6) is 0. The van der Waals surface area contributed by atoms with Crippen LogP contribution in [-0.2, 0) is 4.43 Å². The number of hydrogen-bond donors (Lipinski definition) is 0. The highest BCUT2D eigenvalue weighted by molar-refractivity contribution is 6.74. The fraction of sp³-hybridized carbons (Fsp3) is 0.280. The van der Waals surface area contributed by atoms with E-state index in [2.05, 4.69) is 128 Å². The number of rotatable bonds is 4. The van der Waals surface area contributed by atoms with Gasteiger partial charge in [0.25, 0.3) is 0 Å². The van der Waals surface area contributed by atoms with Gasteiger partial charge in [-0.3, -0.25) is 4.90 Å². The molecule has 1 aliphatic rings. The van der Waals surface area contributed by atoms with Crippen molar-refractivity contribution in [3.8, 4) is 0 Å². The highest BCUT2D eigenvalue weighted by Crippen LogP contribution is 2.44. The normalized spacial score (nSPS) is 17.1. The number of benzene rings is 2. The molecule has 0 aliphatic carbocycles. The molecule has 3 aromatic rings. The average Bonchev–Trinajstić information content (AvgIpc) is 3.17. The molecule has 150 valence electrons. The Hall–Kier alpha value is -2.56. The Kier molecular flexibility index (Phi) is 5.01. The van der Waals surface area contributed by atoms with E-state index in [1.165, 1.54) is 11.3 Å². The van der Waals surface area contributed by atoms with Crippen LogP contribution in [0, 0.1) is 0 Å². The Labute approximate surface area is 175 Å². The molecule has 0 bridgehead atoms. The highest BCUT2D eigenvalue weighted by atomic mass is 28.4. The second-order valence-corrected chi connectivity index (χ2v) is 13.9. The van der Waals surface area contributed by atoms with Crippen LogP contribution in [0.4, 0.5) is 5.69 Å². The van der Waals surface area contributed by atoms with E-state index >= 15 is 0 Å². The zero-order chi connectivity index (χ0) is 20.6. The van der Waals surface area contributed by atoms with Crippen molar-refractivity contribution in [2.75, 3.05) is 4.90 Å². The van der Waals surface area contributed by atoms with Gasteiger partial charge in [0.2, 0.25) is 6.35 Å². The SMILES string of the molecule is CC(C)(C)[Si](C)(C)OC1N(c2ccccc2)C(c2ccccc2)=Cc2cccn21. The Morgan fingerprint density at radius 1 is 0.828 bits per heavy atom. The molecule has 3 nitrogen and oxygen atoms in total. The third-order valence-corrected chi connectivity index (χ3v) is 10.5. The number of nitrogens with zero attached hydrogens (tertiary/aromatic N) is 2. The molecule has 4 rings (SSSR count). The van der Waals surface area contributed by atoms with Crippen molar-refractivity contribution < 1.29 is 4.43 Å². The largest absolute Gasteiger partial charge is 0.381 e. The molecule has 0 saturated carbocycles. The summed E-state index contributed by atoms with van der Waals surface area (Å²) < 4.78 is 9.28. The predicted molar refractivity (Wildman–Crippen MR) is 125 cm³/mol. The third-order valence-electron chi connectivity index (χ3n) is 6.12. The first-order chi connectivity index (χ1) is 13.8. The summed E-state index contributed by atoms with van der Waals surface area (Å²) in [6.07, 6.45) is 4.17. The van der Waals surface area contributed by atoms with Crippen LogP contribution in [0.15, 0.2) is 79.0 Å². The van der Waals surface area contributed by atoms with Gasteiger partial charge in [-0.05, 0) is 54.0 Å². The molecule has 1 unspecified atom stereocenters. The molecule has 2 heterocycles. The summed E-state index contributed by atoms with van der Waals surface area (Å²) in [5.41, 5.74) is 4.64. The number of aromatic nitrogens is 1. The van der Waals surface area contributed by atoms with Crippen molar-refractivity contribution in [2.24, 2.45) is 0 Å². The number of fused-ring (bicyclic) bond motifs is 1. The molecular weight excluding hydrogens is 372 g/mol. The molecule has 4 heteroatoms. The van der Waals surface area contributed by atoms with Gasteiger partial charge >= 0.3 is 0 Å². The molecule has 0 N–H and O–H groups in total. The van der Waals surface area contributed by atoms with Gasteiger partial charge in [0.05, 0.1) is 5.70 Å². The zero-order valence-electron chi connectivity index (χ0n) is 18.0. The molecule has 29 heavy (non-hydrogen) atoms. The van der Waals surface area contributed by atoms with Gasteiger partial charge in [-0.1, -0.05) is 69.3 Å². The van der Waals surface area contributed by atoms with E-state index in [9.17, 15) is 0 Å². The van der Waals surface area contributed by atoms with Crippen molar-refractivity contribution in [1.82, 2.24) is 4.57 Å². The van der Waals surface area contributed by atoms with Crippen LogP contribution >= 0.6 is 0 Å². The molecule has 0 saturated heterocycles. The summed E-state index contributed by atoms with van der Waals surface area (Å²) in [4.78, 5) is 2.34. The first-order valence-corrected chi connectivity index (χ1v) is 13.1. The van der Waals surface area contributed by atoms with Gasteiger partial charge in [-0.15, -0.1) is 0 Å². The lowest BCUT2D eigenvalue weighted by molar-refractivity contribution is 0.119. The Morgan fingerprint density at radius 2 is 1.45 bits per heavy atom. The van der Waals surface area contributed by atoms with Crippen molar-refractivity contribution >= 4 is 25.8 Å². The van der Waals surface area contributed by atoms with Crippen LogP contribution in [0.5, 0.6) is 0 Å². The minimum absolute atomic E-state index is 0.122. The smallest absolute Gasteiger partial charge is 0.209 e. The number of anilines is 1. The maximum absolute atomic E-state index is 7.03.